The van der Waals surface area contributed by atoms with Crippen LogP contribution in [0.25, 0.3) is 0 Å². The molecule has 2 fully saturated rings. The largest absolute Gasteiger partial charge is 0.481 e. The third-order valence-electron chi connectivity index (χ3n) is 5.40. The summed E-state index contributed by atoms with van der Waals surface area (Å²) in [7, 11) is 0. The second-order valence-corrected chi connectivity index (χ2v) is 7.05. The van der Waals surface area contributed by atoms with Gasteiger partial charge in [0, 0.05) is 44.8 Å². The monoisotopic (exact) mass is 363 g/mol. The van der Waals surface area contributed by atoms with Gasteiger partial charge < -0.3 is 19.8 Å². The molecule has 0 spiro atoms. The summed E-state index contributed by atoms with van der Waals surface area (Å²) in [6.45, 7) is 5.06. The number of carbonyl (C=O) groups is 2. The van der Waals surface area contributed by atoms with Crippen LogP contribution in [0.5, 0.6) is 0 Å². The van der Waals surface area contributed by atoms with E-state index < -0.39 is 5.97 Å². The topological polar surface area (TPSA) is 64.1 Å². The van der Waals surface area contributed by atoms with Gasteiger partial charge in [-0.3, -0.25) is 9.59 Å². The van der Waals surface area contributed by atoms with E-state index in [2.05, 4.69) is 9.80 Å². The number of carbonyl (C=O) groups excluding carboxylic acids is 1. The fourth-order valence-corrected chi connectivity index (χ4v) is 3.68. The van der Waals surface area contributed by atoms with Gasteiger partial charge >= 0.3 is 5.97 Å². The van der Waals surface area contributed by atoms with Gasteiger partial charge in [0.25, 0.3) is 0 Å². The first kappa shape index (κ1) is 18.6. The Morgan fingerprint density at radius 1 is 1.00 bits per heavy atom. The lowest BCUT2D eigenvalue weighted by Gasteiger charge is -2.36. The third-order valence-corrected chi connectivity index (χ3v) is 5.40. The average molecular weight is 363 g/mol. The highest BCUT2D eigenvalue weighted by Gasteiger charge is 2.26. The number of carboxylic acids is 1. The van der Waals surface area contributed by atoms with Crippen LogP contribution >= 0.6 is 0 Å². The van der Waals surface area contributed by atoms with E-state index in [1.807, 2.05) is 4.90 Å². The summed E-state index contributed by atoms with van der Waals surface area (Å²) in [5, 5.41) is 9.03. The molecule has 0 radical (unpaired) electrons. The van der Waals surface area contributed by atoms with Crippen LogP contribution in [0, 0.1) is 11.7 Å². The number of carboxylic acid groups (broad SMARTS) is 1. The molecule has 0 aromatic heterocycles. The molecule has 1 N–H and O–H groups in total. The van der Waals surface area contributed by atoms with Crippen molar-refractivity contribution in [1.29, 1.82) is 0 Å². The van der Waals surface area contributed by atoms with E-state index in [-0.39, 0.29) is 17.6 Å². The minimum absolute atomic E-state index is 0.157. The van der Waals surface area contributed by atoms with Crippen LogP contribution in [-0.4, -0.2) is 72.6 Å². The van der Waals surface area contributed by atoms with Gasteiger partial charge in [0.15, 0.2) is 0 Å². The lowest BCUT2D eigenvalue weighted by molar-refractivity contribution is -0.143. The number of halogens is 1. The summed E-state index contributed by atoms with van der Waals surface area (Å²) >= 11 is 0. The number of likely N-dealkylation sites (tertiary alicyclic amines) is 1. The van der Waals surface area contributed by atoms with Gasteiger partial charge in [-0.05, 0) is 50.2 Å². The molecule has 0 aliphatic carbocycles. The van der Waals surface area contributed by atoms with E-state index in [0.29, 0.717) is 38.9 Å². The molecule has 0 unspecified atom stereocenters. The van der Waals surface area contributed by atoms with Gasteiger partial charge in [-0.1, -0.05) is 0 Å². The summed E-state index contributed by atoms with van der Waals surface area (Å²) in [6.07, 6.45) is 1.81. The Hall–Kier alpha value is -2.15. The van der Waals surface area contributed by atoms with Crippen molar-refractivity contribution in [3.63, 3.8) is 0 Å². The molecule has 1 amide bonds. The van der Waals surface area contributed by atoms with Crippen molar-refractivity contribution < 1.29 is 19.1 Å². The minimum Gasteiger partial charge on any atom is -0.481 e. The van der Waals surface area contributed by atoms with E-state index in [1.165, 1.54) is 12.1 Å². The van der Waals surface area contributed by atoms with E-state index in [4.69, 9.17) is 5.11 Å². The number of nitrogens with zero attached hydrogens (tertiary/aromatic N) is 3. The van der Waals surface area contributed by atoms with Crippen molar-refractivity contribution in [2.45, 2.75) is 19.3 Å². The van der Waals surface area contributed by atoms with Crippen LogP contribution in [0.1, 0.15) is 19.3 Å². The first-order valence-corrected chi connectivity index (χ1v) is 9.26. The Balaban J connectivity index is 1.39. The van der Waals surface area contributed by atoms with Gasteiger partial charge in [-0.15, -0.1) is 0 Å². The summed E-state index contributed by atoms with van der Waals surface area (Å²) in [5.74, 6) is -1.03. The van der Waals surface area contributed by atoms with E-state index in [9.17, 15) is 14.0 Å². The first-order valence-electron chi connectivity index (χ1n) is 9.26. The maximum atomic E-state index is 13.0. The van der Waals surface area contributed by atoms with Crippen molar-refractivity contribution in [3.05, 3.63) is 30.1 Å². The minimum atomic E-state index is -0.709. The molecule has 2 aliphatic heterocycles. The van der Waals surface area contributed by atoms with Crippen molar-refractivity contribution in [3.8, 4) is 0 Å². The van der Waals surface area contributed by atoms with Crippen LogP contribution < -0.4 is 4.90 Å². The maximum absolute atomic E-state index is 13.0. The summed E-state index contributed by atoms with van der Waals surface area (Å²) in [4.78, 5) is 29.7. The quantitative estimate of drug-likeness (QED) is 0.862. The van der Waals surface area contributed by atoms with Gasteiger partial charge in [-0.25, -0.2) is 4.39 Å². The Kier molecular flexibility index (Phi) is 6.08. The SMILES string of the molecule is O=C(O)C1CCN(CCC(=O)N2CCN(c3ccc(F)cc3)CC2)CC1. The molecule has 0 bridgehead atoms. The summed E-state index contributed by atoms with van der Waals surface area (Å²) < 4.78 is 13.0. The van der Waals surface area contributed by atoms with E-state index >= 15 is 0 Å². The normalized spacial score (nSPS) is 19.6. The number of piperidine rings is 1. The Labute approximate surface area is 153 Å². The number of anilines is 1. The molecular weight excluding hydrogens is 337 g/mol. The molecule has 2 aliphatic rings. The van der Waals surface area contributed by atoms with Crippen molar-refractivity contribution >= 4 is 17.6 Å². The van der Waals surface area contributed by atoms with Crippen LogP contribution in [0.3, 0.4) is 0 Å². The molecule has 6 nitrogen and oxygen atoms in total. The molecule has 7 heteroatoms. The molecular formula is C19H26FN3O3. The average Bonchev–Trinajstić information content (AvgIpc) is 2.67. The third kappa shape index (κ3) is 4.72. The molecule has 26 heavy (non-hydrogen) atoms. The fraction of sp³-hybridized carbons (Fsp3) is 0.579. The second kappa shape index (κ2) is 8.49. The fourth-order valence-electron chi connectivity index (χ4n) is 3.68. The Bertz CT molecular complexity index is 621. The molecule has 0 atom stereocenters. The lowest BCUT2D eigenvalue weighted by atomic mass is 9.97. The lowest BCUT2D eigenvalue weighted by Crippen LogP contribution is -2.49. The number of benzene rings is 1. The zero-order valence-electron chi connectivity index (χ0n) is 14.9. The predicted molar refractivity (Wildman–Crippen MR) is 96.6 cm³/mol. The predicted octanol–water partition coefficient (Wildman–Crippen LogP) is 1.66. The number of aliphatic carboxylic acids is 1. The van der Waals surface area contributed by atoms with Crippen LogP contribution in [-0.2, 0) is 9.59 Å². The van der Waals surface area contributed by atoms with E-state index in [0.717, 1.165) is 31.9 Å². The highest BCUT2D eigenvalue weighted by molar-refractivity contribution is 5.76. The van der Waals surface area contributed by atoms with Crippen molar-refractivity contribution in [2.24, 2.45) is 5.92 Å². The zero-order valence-corrected chi connectivity index (χ0v) is 14.9. The van der Waals surface area contributed by atoms with Crippen LogP contribution in [0.4, 0.5) is 10.1 Å². The summed E-state index contributed by atoms with van der Waals surface area (Å²) in [5.41, 5.74) is 0.986. The number of amides is 1. The molecule has 2 heterocycles. The van der Waals surface area contributed by atoms with Gasteiger partial charge in [0.2, 0.25) is 5.91 Å². The number of piperazine rings is 1. The highest BCUT2D eigenvalue weighted by Crippen LogP contribution is 2.19. The number of hydrogen-bond acceptors (Lipinski definition) is 4. The van der Waals surface area contributed by atoms with Crippen LogP contribution in [0.15, 0.2) is 24.3 Å². The van der Waals surface area contributed by atoms with E-state index in [1.54, 1.807) is 12.1 Å². The molecule has 0 saturated carbocycles. The van der Waals surface area contributed by atoms with Crippen molar-refractivity contribution in [1.82, 2.24) is 9.80 Å². The standard InChI is InChI=1S/C19H26FN3O3/c20-16-1-3-17(4-2-16)22-11-13-23(14-12-22)18(24)7-10-21-8-5-15(6-9-21)19(25)26/h1-4,15H,5-14H2,(H,25,26). The number of rotatable bonds is 5. The second-order valence-electron chi connectivity index (χ2n) is 7.05. The molecule has 1 aromatic rings. The smallest absolute Gasteiger partial charge is 0.306 e. The molecule has 2 saturated heterocycles. The maximum Gasteiger partial charge on any atom is 0.306 e. The highest BCUT2D eigenvalue weighted by atomic mass is 19.1. The molecule has 3 rings (SSSR count). The zero-order chi connectivity index (χ0) is 18.5. The van der Waals surface area contributed by atoms with Gasteiger partial charge in [0.1, 0.15) is 5.82 Å². The molecule has 1 aromatic carbocycles. The molecule has 142 valence electrons. The Morgan fingerprint density at radius 3 is 2.19 bits per heavy atom. The number of hydrogen-bond donors (Lipinski definition) is 1. The van der Waals surface area contributed by atoms with Gasteiger partial charge in [-0.2, -0.15) is 0 Å². The Morgan fingerprint density at radius 2 is 1.62 bits per heavy atom. The van der Waals surface area contributed by atoms with Gasteiger partial charge in [0.05, 0.1) is 5.92 Å². The van der Waals surface area contributed by atoms with Crippen LogP contribution in [0.2, 0.25) is 0 Å². The van der Waals surface area contributed by atoms with Crippen molar-refractivity contribution in [2.75, 3.05) is 50.7 Å². The summed E-state index contributed by atoms with van der Waals surface area (Å²) in [6, 6.07) is 6.46. The first-order chi connectivity index (χ1) is 12.5.